The molecule has 0 fully saturated rings. The van der Waals surface area contributed by atoms with E-state index in [1.165, 1.54) is 7.05 Å². The molecule has 0 atom stereocenters. The molecule has 3 amide bonds. The van der Waals surface area contributed by atoms with Crippen LogP contribution in [0.15, 0.2) is 42.5 Å². The lowest BCUT2D eigenvalue weighted by atomic mass is 10.1. The second-order valence-corrected chi connectivity index (χ2v) is 5.83. The normalized spacial score (nSPS) is 13.0. The van der Waals surface area contributed by atoms with E-state index in [4.69, 9.17) is 4.74 Å². The zero-order valence-corrected chi connectivity index (χ0v) is 14.0. The van der Waals surface area contributed by atoms with E-state index in [1.807, 2.05) is 24.3 Å². The van der Waals surface area contributed by atoms with Crippen molar-refractivity contribution in [2.45, 2.75) is 12.8 Å². The van der Waals surface area contributed by atoms with E-state index in [9.17, 15) is 14.4 Å². The van der Waals surface area contributed by atoms with Gasteiger partial charge in [-0.15, -0.1) is 0 Å². The molecule has 0 saturated carbocycles. The average molecular weight is 338 g/mol. The summed E-state index contributed by atoms with van der Waals surface area (Å²) in [5, 5.41) is 2.77. The van der Waals surface area contributed by atoms with Crippen LogP contribution in [-0.4, -0.2) is 36.8 Å². The molecule has 6 heteroatoms. The van der Waals surface area contributed by atoms with Gasteiger partial charge < -0.3 is 10.1 Å². The fourth-order valence-electron chi connectivity index (χ4n) is 2.71. The lowest BCUT2D eigenvalue weighted by molar-refractivity contribution is -0.116. The average Bonchev–Trinajstić information content (AvgIpc) is 2.84. The van der Waals surface area contributed by atoms with Crippen molar-refractivity contribution in [3.8, 4) is 5.75 Å². The summed E-state index contributed by atoms with van der Waals surface area (Å²) in [7, 11) is 3.05. The minimum absolute atomic E-state index is 0.152. The predicted octanol–water partition coefficient (Wildman–Crippen LogP) is 2.49. The Morgan fingerprint density at radius 2 is 1.72 bits per heavy atom. The molecule has 128 valence electrons. The Bertz CT molecular complexity index is 843. The summed E-state index contributed by atoms with van der Waals surface area (Å²) in [5.41, 5.74) is 2.23. The van der Waals surface area contributed by atoms with Crippen LogP contribution in [0.4, 0.5) is 5.69 Å². The molecule has 0 aliphatic carbocycles. The molecule has 0 aromatic heterocycles. The van der Waals surface area contributed by atoms with E-state index in [-0.39, 0.29) is 17.7 Å². The van der Waals surface area contributed by atoms with Gasteiger partial charge in [0.2, 0.25) is 5.91 Å². The van der Waals surface area contributed by atoms with Gasteiger partial charge in [-0.3, -0.25) is 19.3 Å². The van der Waals surface area contributed by atoms with Crippen LogP contribution in [0, 0.1) is 0 Å². The molecule has 1 aliphatic heterocycles. The zero-order valence-electron chi connectivity index (χ0n) is 14.0. The number of carbonyl (C=O) groups excluding carboxylic acids is 3. The second kappa shape index (κ2) is 6.76. The Balaban J connectivity index is 1.62. The molecule has 0 bridgehead atoms. The van der Waals surface area contributed by atoms with Crippen molar-refractivity contribution in [2.24, 2.45) is 0 Å². The van der Waals surface area contributed by atoms with Gasteiger partial charge in [-0.05, 0) is 42.3 Å². The Morgan fingerprint density at radius 1 is 1.04 bits per heavy atom. The minimum Gasteiger partial charge on any atom is -0.497 e. The summed E-state index contributed by atoms with van der Waals surface area (Å²) in [4.78, 5) is 37.0. The smallest absolute Gasteiger partial charge is 0.261 e. The molecule has 0 unspecified atom stereocenters. The number of methoxy groups -OCH3 is 1. The largest absolute Gasteiger partial charge is 0.497 e. The lowest BCUT2D eigenvalue weighted by Gasteiger charge is -2.07. The Labute approximate surface area is 145 Å². The number of hydrogen-bond donors (Lipinski definition) is 1. The molecule has 25 heavy (non-hydrogen) atoms. The maximum Gasteiger partial charge on any atom is 0.261 e. The zero-order chi connectivity index (χ0) is 18.0. The van der Waals surface area contributed by atoms with E-state index in [1.54, 1.807) is 25.3 Å². The number of aryl methyl sites for hydroxylation is 1. The minimum atomic E-state index is -0.352. The van der Waals surface area contributed by atoms with Crippen molar-refractivity contribution < 1.29 is 19.1 Å². The molecule has 2 aromatic rings. The molecule has 0 radical (unpaired) electrons. The lowest BCUT2D eigenvalue weighted by Crippen LogP contribution is -2.24. The van der Waals surface area contributed by atoms with Crippen LogP contribution < -0.4 is 10.1 Å². The SMILES string of the molecule is COc1ccc(CCC(=O)Nc2ccc3c(c2)C(=O)N(C)C3=O)cc1. The maximum absolute atomic E-state index is 12.1. The summed E-state index contributed by atoms with van der Waals surface area (Å²) < 4.78 is 5.10. The Morgan fingerprint density at radius 3 is 2.40 bits per heavy atom. The number of hydrogen-bond acceptors (Lipinski definition) is 4. The summed E-state index contributed by atoms with van der Waals surface area (Å²) in [5.74, 6) is -0.0527. The number of rotatable bonds is 5. The highest BCUT2D eigenvalue weighted by atomic mass is 16.5. The number of fused-ring (bicyclic) bond motifs is 1. The van der Waals surface area contributed by atoms with Gasteiger partial charge in [0, 0.05) is 19.2 Å². The molecule has 2 aromatic carbocycles. The van der Waals surface area contributed by atoms with Crippen molar-refractivity contribution >= 4 is 23.4 Å². The molecule has 3 rings (SSSR count). The van der Waals surface area contributed by atoms with Crippen LogP contribution >= 0.6 is 0 Å². The maximum atomic E-state index is 12.1. The highest BCUT2D eigenvalue weighted by Gasteiger charge is 2.32. The highest BCUT2D eigenvalue weighted by molar-refractivity contribution is 6.21. The molecule has 1 N–H and O–H groups in total. The van der Waals surface area contributed by atoms with Gasteiger partial charge in [0.15, 0.2) is 0 Å². The molecule has 0 saturated heterocycles. The van der Waals surface area contributed by atoms with Gasteiger partial charge >= 0.3 is 0 Å². The molecule has 6 nitrogen and oxygen atoms in total. The van der Waals surface area contributed by atoms with Gasteiger partial charge in [0.25, 0.3) is 11.8 Å². The van der Waals surface area contributed by atoms with Crippen molar-refractivity contribution in [3.63, 3.8) is 0 Å². The van der Waals surface area contributed by atoms with Crippen LogP contribution in [0.5, 0.6) is 5.75 Å². The first-order valence-corrected chi connectivity index (χ1v) is 7.89. The molecule has 1 aliphatic rings. The predicted molar refractivity (Wildman–Crippen MR) is 92.8 cm³/mol. The number of imide groups is 1. The van der Waals surface area contributed by atoms with Crippen LogP contribution in [-0.2, 0) is 11.2 Å². The summed E-state index contributed by atoms with van der Waals surface area (Å²) in [6.45, 7) is 0. The van der Waals surface area contributed by atoms with Gasteiger partial charge in [-0.2, -0.15) is 0 Å². The summed E-state index contributed by atoms with van der Waals surface area (Å²) >= 11 is 0. The number of anilines is 1. The van der Waals surface area contributed by atoms with Crippen LogP contribution in [0.25, 0.3) is 0 Å². The first kappa shape index (κ1) is 16.7. The summed E-state index contributed by atoms with van der Waals surface area (Å²) in [6.07, 6.45) is 0.914. The standard InChI is InChI=1S/C19H18N2O4/c1-21-18(23)15-9-6-13(11-16(15)19(21)24)20-17(22)10-5-12-3-7-14(25-2)8-4-12/h3-4,6-9,11H,5,10H2,1-2H3,(H,20,22). The number of carbonyl (C=O) groups is 3. The number of nitrogens with zero attached hydrogens (tertiary/aromatic N) is 1. The van der Waals surface area contributed by atoms with Crippen molar-refractivity contribution in [2.75, 3.05) is 19.5 Å². The Hall–Kier alpha value is -3.15. The second-order valence-electron chi connectivity index (χ2n) is 5.83. The monoisotopic (exact) mass is 338 g/mol. The summed E-state index contributed by atoms with van der Waals surface area (Å²) in [6, 6.07) is 12.3. The van der Waals surface area contributed by atoms with Crippen LogP contribution in [0.3, 0.4) is 0 Å². The highest BCUT2D eigenvalue weighted by Crippen LogP contribution is 2.24. The van der Waals surface area contributed by atoms with E-state index in [0.29, 0.717) is 29.7 Å². The quantitative estimate of drug-likeness (QED) is 0.850. The van der Waals surface area contributed by atoms with E-state index in [2.05, 4.69) is 5.32 Å². The van der Waals surface area contributed by atoms with Crippen LogP contribution in [0.2, 0.25) is 0 Å². The van der Waals surface area contributed by atoms with Gasteiger partial charge in [-0.25, -0.2) is 0 Å². The van der Waals surface area contributed by atoms with Crippen molar-refractivity contribution in [1.29, 1.82) is 0 Å². The fourth-order valence-corrected chi connectivity index (χ4v) is 2.71. The van der Waals surface area contributed by atoms with Crippen molar-refractivity contribution in [3.05, 3.63) is 59.2 Å². The molecular weight excluding hydrogens is 320 g/mol. The fraction of sp³-hybridized carbons (Fsp3) is 0.211. The number of benzene rings is 2. The number of nitrogens with one attached hydrogen (secondary N) is 1. The third-order valence-electron chi connectivity index (χ3n) is 4.17. The third kappa shape index (κ3) is 3.38. The third-order valence-corrected chi connectivity index (χ3v) is 4.17. The van der Waals surface area contributed by atoms with E-state index in [0.717, 1.165) is 16.2 Å². The number of ether oxygens (including phenoxy) is 1. The Kier molecular flexibility index (Phi) is 4.52. The molecule has 0 spiro atoms. The first-order valence-electron chi connectivity index (χ1n) is 7.89. The van der Waals surface area contributed by atoms with Crippen molar-refractivity contribution in [1.82, 2.24) is 4.90 Å². The van der Waals surface area contributed by atoms with Crippen LogP contribution in [0.1, 0.15) is 32.7 Å². The number of amides is 3. The van der Waals surface area contributed by atoms with Gasteiger partial charge in [-0.1, -0.05) is 12.1 Å². The molecule has 1 heterocycles. The first-order chi connectivity index (χ1) is 12.0. The van der Waals surface area contributed by atoms with Gasteiger partial charge in [0.1, 0.15) is 5.75 Å². The topological polar surface area (TPSA) is 75.7 Å². The van der Waals surface area contributed by atoms with Gasteiger partial charge in [0.05, 0.1) is 18.2 Å². The van der Waals surface area contributed by atoms with E-state index < -0.39 is 0 Å². The van der Waals surface area contributed by atoms with E-state index >= 15 is 0 Å². The molecular formula is C19H18N2O4.